The predicted molar refractivity (Wildman–Crippen MR) is 57.3 cm³/mol. The van der Waals surface area contributed by atoms with Gasteiger partial charge < -0.3 is 0 Å². The summed E-state index contributed by atoms with van der Waals surface area (Å²) in [5, 5.41) is 0. The zero-order chi connectivity index (χ0) is 9.40. The topological polar surface area (TPSA) is 0 Å². The van der Waals surface area contributed by atoms with Crippen molar-refractivity contribution in [1.82, 2.24) is 0 Å². The summed E-state index contributed by atoms with van der Waals surface area (Å²) in [6.07, 6.45) is 11.0. The van der Waals surface area contributed by atoms with Gasteiger partial charge in [-0.15, -0.1) is 0 Å². The van der Waals surface area contributed by atoms with Crippen molar-refractivity contribution in [3.05, 3.63) is 23.8 Å². The summed E-state index contributed by atoms with van der Waals surface area (Å²) < 4.78 is 0. The lowest BCUT2D eigenvalue weighted by atomic mass is 10.1. The minimum Gasteiger partial charge on any atom is -0.0773 e. The minimum absolute atomic E-state index is 0.856. The highest BCUT2D eigenvalue weighted by Crippen LogP contribution is 2.34. The lowest BCUT2D eigenvalue weighted by Gasteiger charge is -1.96. The van der Waals surface area contributed by atoms with E-state index in [1.165, 1.54) is 19.3 Å². The number of hydrogen-bond donors (Lipinski definition) is 0. The van der Waals surface area contributed by atoms with E-state index in [0.717, 1.165) is 5.92 Å². The quantitative estimate of drug-likeness (QED) is 0.502. The van der Waals surface area contributed by atoms with Crippen LogP contribution in [0.25, 0.3) is 0 Å². The molecule has 0 saturated heterocycles. The third kappa shape index (κ3) is 2.84. The largest absolute Gasteiger partial charge is 0.0773 e. The maximum atomic E-state index is 2.32. The summed E-state index contributed by atoms with van der Waals surface area (Å²) in [7, 11) is 0. The average molecular weight is 166 g/mol. The first kappa shape index (κ1) is 11.5. The van der Waals surface area contributed by atoms with Crippen molar-refractivity contribution in [3.8, 4) is 0 Å². The fraction of sp³-hybridized carbons (Fsp3) is 0.667. The molecule has 1 atom stereocenters. The van der Waals surface area contributed by atoms with Crippen molar-refractivity contribution in [2.75, 3.05) is 0 Å². The molecule has 0 aromatic carbocycles. The van der Waals surface area contributed by atoms with Crippen LogP contribution in [0.4, 0.5) is 0 Å². The maximum Gasteiger partial charge on any atom is -0.00169 e. The van der Waals surface area contributed by atoms with Gasteiger partial charge in [0.15, 0.2) is 0 Å². The third-order valence-electron chi connectivity index (χ3n) is 2.11. The van der Waals surface area contributed by atoms with Crippen molar-refractivity contribution >= 4 is 0 Å². The molecule has 1 fully saturated rings. The molecule has 70 valence electrons. The van der Waals surface area contributed by atoms with Crippen LogP contribution < -0.4 is 0 Å². The normalized spacial score (nSPS) is 23.0. The van der Waals surface area contributed by atoms with Crippen molar-refractivity contribution in [2.45, 2.75) is 47.0 Å². The van der Waals surface area contributed by atoms with Gasteiger partial charge >= 0.3 is 0 Å². The zero-order valence-corrected chi connectivity index (χ0v) is 8.93. The summed E-state index contributed by atoms with van der Waals surface area (Å²) in [4.78, 5) is 0. The highest BCUT2D eigenvalue weighted by molar-refractivity contribution is 5.29. The molecule has 0 N–H and O–H groups in total. The fourth-order valence-corrected chi connectivity index (χ4v) is 1.64. The maximum absolute atomic E-state index is 2.32. The molecule has 1 saturated carbocycles. The number of fused-ring (bicyclic) bond motifs is 1. The predicted octanol–water partition coefficient (Wildman–Crippen LogP) is 4.34. The van der Waals surface area contributed by atoms with Gasteiger partial charge in [0.1, 0.15) is 0 Å². The summed E-state index contributed by atoms with van der Waals surface area (Å²) in [5.41, 5.74) is 1.67. The Balaban J connectivity index is 0.000000269. The lowest BCUT2D eigenvalue weighted by Crippen LogP contribution is -1.83. The van der Waals surface area contributed by atoms with Gasteiger partial charge in [0.25, 0.3) is 0 Å². The van der Waals surface area contributed by atoms with Crippen LogP contribution in [0.5, 0.6) is 0 Å². The second-order valence-electron chi connectivity index (χ2n) is 2.63. The Morgan fingerprint density at radius 3 is 2.42 bits per heavy atom. The van der Waals surface area contributed by atoms with E-state index in [1.54, 1.807) is 5.57 Å². The molecule has 0 spiro atoms. The molecule has 0 nitrogen and oxygen atoms in total. The van der Waals surface area contributed by atoms with Crippen molar-refractivity contribution in [2.24, 2.45) is 5.92 Å². The van der Waals surface area contributed by atoms with Crippen molar-refractivity contribution in [1.29, 1.82) is 0 Å². The number of hydrogen-bond acceptors (Lipinski definition) is 0. The van der Waals surface area contributed by atoms with Crippen LogP contribution in [0.15, 0.2) is 23.8 Å². The molecule has 1 unspecified atom stereocenters. The molecule has 2 rings (SSSR count). The van der Waals surface area contributed by atoms with Crippen LogP contribution in [0.1, 0.15) is 47.0 Å². The summed E-state index contributed by atoms with van der Waals surface area (Å²) in [6.45, 7) is 8.00. The lowest BCUT2D eigenvalue weighted by molar-refractivity contribution is 0.772. The second kappa shape index (κ2) is 7.15. The first-order valence-corrected chi connectivity index (χ1v) is 5.34. The first-order chi connectivity index (χ1) is 5.97. The van der Waals surface area contributed by atoms with Crippen molar-refractivity contribution in [3.63, 3.8) is 0 Å². The molecular weight excluding hydrogens is 144 g/mol. The Morgan fingerprint density at radius 2 is 1.83 bits per heavy atom. The molecule has 0 heterocycles. The number of allylic oxidation sites excluding steroid dienone is 4. The van der Waals surface area contributed by atoms with Crippen LogP contribution in [0.3, 0.4) is 0 Å². The molecule has 2 aliphatic rings. The van der Waals surface area contributed by atoms with Crippen LogP contribution in [-0.4, -0.2) is 0 Å². The zero-order valence-electron chi connectivity index (χ0n) is 8.93. The van der Waals surface area contributed by atoms with Gasteiger partial charge in [-0.25, -0.2) is 0 Å². The first-order valence-electron chi connectivity index (χ1n) is 5.34. The number of rotatable bonds is 0. The van der Waals surface area contributed by atoms with Gasteiger partial charge in [-0.1, -0.05) is 51.5 Å². The molecular formula is C12H22. The molecule has 0 bridgehead atoms. The van der Waals surface area contributed by atoms with Gasteiger partial charge in [-0.05, 0) is 25.2 Å². The van der Waals surface area contributed by atoms with E-state index in [4.69, 9.17) is 0 Å². The summed E-state index contributed by atoms with van der Waals surface area (Å²) in [6, 6.07) is 0. The minimum atomic E-state index is 0.856. The Bertz CT molecular complexity index is 151. The fourth-order valence-electron chi connectivity index (χ4n) is 1.64. The van der Waals surface area contributed by atoms with Gasteiger partial charge in [-0.3, -0.25) is 0 Å². The standard InChI is InChI=1S/C8H10.2C2H6/c1-3-7-5-2-6-8(7)4-1;2*1-2/h1,3-4,7H,2,5-6H2;2*1-2H3. The van der Waals surface area contributed by atoms with E-state index in [-0.39, 0.29) is 0 Å². The Labute approximate surface area is 77.4 Å². The van der Waals surface area contributed by atoms with E-state index in [9.17, 15) is 0 Å². The van der Waals surface area contributed by atoms with Gasteiger partial charge in [0.2, 0.25) is 0 Å². The smallest absolute Gasteiger partial charge is 0.00169 e. The molecule has 0 aliphatic heterocycles. The third-order valence-corrected chi connectivity index (χ3v) is 2.11. The molecule has 0 heteroatoms. The van der Waals surface area contributed by atoms with Gasteiger partial charge in [0, 0.05) is 0 Å². The van der Waals surface area contributed by atoms with Crippen LogP contribution in [-0.2, 0) is 0 Å². The molecule has 0 radical (unpaired) electrons. The van der Waals surface area contributed by atoms with Gasteiger partial charge in [0.05, 0.1) is 0 Å². The summed E-state index contributed by atoms with van der Waals surface area (Å²) in [5.74, 6) is 0.856. The SMILES string of the molecule is C1=CC2CCCC2=C1.CC.CC. The molecule has 12 heavy (non-hydrogen) atoms. The van der Waals surface area contributed by atoms with Gasteiger partial charge in [-0.2, -0.15) is 0 Å². The molecule has 0 amide bonds. The van der Waals surface area contributed by atoms with E-state index in [1.807, 2.05) is 27.7 Å². The Hall–Kier alpha value is -0.520. The van der Waals surface area contributed by atoms with Crippen LogP contribution in [0.2, 0.25) is 0 Å². The summed E-state index contributed by atoms with van der Waals surface area (Å²) >= 11 is 0. The Kier molecular flexibility index (Phi) is 6.84. The molecule has 0 aromatic rings. The van der Waals surface area contributed by atoms with Crippen LogP contribution >= 0.6 is 0 Å². The average Bonchev–Trinajstić information content (AvgIpc) is 2.72. The van der Waals surface area contributed by atoms with E-state index < -0.39 is 0 Å². The second-order valence-corrected chi connectivity index (χ2v) is 2.63. The highest BCUT2D eigenvalue weighted by Gasteiger charge is 2.19. The molecule has 0 aromatic heterocycles. The van der Waals surface area contributed by atoms with E-state index in [2.05, 4.69) is 18.2 Å². The van der Waals surface area contributed by atoms with Crippen LogP contribution in [0, 0.1) is 5.92 Å². The molecule has 2 aliphatic carbocycles. The Morgan fingerprint density at radius 1 is 1.17 bits per heavy atom. The van der Waals surface area contributed by atoms with Crippen molar-refractivity contribution < 1.29 is 0 Å². The monoisotopic (exact) mass is 166 g/mol. The van der Waals surface area contributed by atoms with E-state index >= 15 is 0 Å². The highest BCUT2D eigenvalue weighted by atomic mass is 14.2. The van der Waals surface area contributed by atoms with E-state index in [0.29, 0.717) is 0 Å².